The molecule has 0 bridgehead atoms. The van der Waals surface area contributed by atoms with Crippen molar-refractivity contribution in [2.75, 3.05) is 24.6 Å². The van der Waals surface area contributed by atoms with Crippen molar-refractivity contribution in [3.05, 3.63) is 0 Å². The van der Waals surface area contributed by atoms with Gasteiger partial charge in [-0.25, -0.2) is 0 Å². The van der Waals surface area contributed by atoms with Crippen molar-refractivity contribution in [2.45, 2.75) is 317 Å². The molecule has 326 valence electrons. The van der Waals surface area contributed by atoms with Gasteiger partial charge < -0.3 is 0 Å². The van der Waals surface area contributed by atoms with E-state index in [0.29, 0.717) is 0 Å². The van der Waals surface area contributed by atoms with Gasteiger partial charge in [-0.1, -0.05) is 265 Å². The molecule has 0 N–H and O–H groups in total. The molecule has 0 heterocycles. The second kappa shape index (κ2) is 47.8. The third-order valence-electron chi connectivity index (χ3n) is 13.2. The van der Waals surface area contributed by atoms with Gasteiger partial charge in [0, 0.05) is 7.26 Å². The van der Waals surface area contributed by atoms with E-state index in [9.17, 15) is 0 Å². The Labute approximate surface area is 347 Å². The fourth-order valence-corrected chi connectivity index (χ4v) is 14.2. The van der Waals surface area contributed by atoms with Crippen LogP contribution in [-0.2, 0) is 0 Å². The van der Waals surface area contributed by atoms with Gasteiger partial charge >= 0.3 is 0 Å². The van der Waals surface area contributed by atoms with Crippen molar-refractivity contribution >= 4 is 7.26 Å². The van der Waals surface area contributed by atoms with E-state index in [1.165, 1.54) is 263 Å². The van der Waals surface area contributed by atoms with E-state index >= 15 is 0 Å². The van der Waals surface area contributed by atoms with Crippen molar-refractivity contribution in [3.8, 4) is 0 Å². The largest absolute Gasteiger partial charge is 0.0654 e. The first-order chi connectivity index (χ1) is 26.7. The normalized spacial score (nSPS) is 12.0. The fourth-order valence-electron chi connectivity index (χ4n) is 9.29. The summed E-state index contributed by atoms with van der Waals surface area (Å²) >= 11 is 0. The maximum absolute atomic E-state index is 2.34. The van der Waals surface area contributed by atoms with Crippen molar-refractivity contribution in [1.82, 2.24) is 0 Å². The standard InChI is InChI=1S/C53H110P/c1-5-9-13-17-21-25-29-30-31-32-33-37-41-45-49-53-54(50-46-42-38-34-26-22-18-14-10-6-2,51-47-43-39-35-27-23-19-15-11-7-3)52-48-44-40-36-28-24-20-16-12-8-4/h5-53H2,1-4H3/q+1. The second-order valence-electron chi connectivity index (χ2n) is 18.7. The highest BCUT2D eigenvalue weighted by molar-refractivity contribution is 7.75. The first kappa shape index (κ1) is 54.4. The summed E-state index contributed by atoms with van der Waals surface area (Å²) in [7, 11) is -0.805. The Morgan fingerprint density at radius 1 is 0.148 bits per heavy atom. The summed E-state index contributed by atoms with van der Waals surface area (Å²) in [6.45, 7) is 9.36. The highest BCUT2D eigenvalue weighted by atomic mass is 31.2. The highest BCUT2D eigenvalue weighted by Crippen LogP contribution is 2.61. The molecule has 54 heavy (non-hydrogen) atoms. The molecule has 0 aliphatic carbocycles. The minimum absolute atomic E-state index is 0.805. The summed E-state index contributed by atoms with van der Waals surface area (Å²) in [5.74, 6) is 0. The van der Waals surface area contributed by atoms with Crippen LogP contribution in [0.25, 0.3) is 0 Å². The van der Waals surface area contributed by atoms with Gasteiger partial charge in [-0.3, -0.25) is 0 Å². The molecule has 1 heteroatoms. The molecule has 0 nitrogen and oxygen atoms in total. The van der Waals surface area contributed by atoms with Crippen LogP contribution in [0.1, 0.15) is 317 Å². The maximum Gasteiger partial charge on any atom is 0.0594 e. The quantitative estimate of drug-likeness (QED) is 0.0426. The Balaban J connectivity index is 4.82. The summed E-state index contributed by atoms with van der Waals surface area (Å²) in [6.07, 6.45) is 73.8. The molecule has 0 radical (unpaired) electrons. The maximum atomic E-state index is 2.34. The zero-order valence-electron chi connectivity index (χ0n) is 39.1. The third-order valence-corrected chi connectivity index (χ3v) is 18.3. The molecule has 0 fully saturated rings. The van der Waals surface area contributed by atoms with E-state index in [4.69, 9.17) is 0 Å². The Bertz CT molecular complexity index is 581. The molecule has 0 rings (SSSR count). The van der Waals surface area contributed by atoms with Gasteiger partial charge in [0.05, 0.1) is 24.6 Å². The van der Waals surface area contributed by atoms with Crippen LogP contribution in [0, 0.1) is 0 Å². The van der Waals surface area contributed by atoms with Crippen LogP contribution >= 0.6 is 7.26 Å². The molecule has 0 atom stereocenters. The van der Waals surface area contributed by atoms with Crippen LogP contribution in [0.5, 0.6) is 0 Å². The van der Waals surface area contributed by atoms with Crippen LogP contribution in [0.4, 0.5) is 0 Å². The van der Waals surface area contributed by atoms with E-state index in [2.05, 4.69) is 27.7 Å². The Morgan fingerprint density at radius 3 is 0.389 bits per heavy atom. The van der Waals surface area contributed by atoms with Crippen molar-refractivity contribution < 1.29 is 0 Å². The van der Waals surface area contributed by atoms with Crippen LogP contribution in [-0.4, -0.2) is 24.6 Å². The SMILES string of the molecule is CCCCCCCCCCCCCCCCC[P+](CCCCCCCCCCCC)(CCCCCCCCCCCC)CCCCCCCCCCCC. The molecular weight excluding hydrogens is 668 g/mol. The number of hydrogen-bond donors (Lipinski definition) is 0. The predicted octanol–water partition coefficient (Wildman–Crippen LogP) is 20.6. The Kier molecular flexibility index (Phi) is 48.2. The molecule has 0 aromatic carbocycles. The average molecular weight is 778 g/mol. The molecule has 0 spiro atoms. The third kappa shape index (κ3) is 42.0. The van der Waals surface area contributed by atoms with Crippen molar-refractivity contribution in [3.63, 3.8) is 0 Å². The molecule has 0 amide bonds. The lowest BCUT2D eigenvalue weighted by Gasteiger charge is -2.28. The zero-order chi connectivity index (χ0) is 39.1. The lowest BCUT2D eigenvalue weighted by molar-refractivity contribution is 0.534. The van der Waals surface area contributed by atoms with Crippen molar-refractivity contribution in [2.24, 2.45) is 0 Å². The summed E-state index contributed by atoms with van der Waals surface area (Å²) in [6, 6.07) is 0. The van der Waals surface area contributed by atoms with Crippen molar-refractivity contribution in [1.29, 1.82) is 0 Å². The Hall–Kier alpha value is 0.430. The van der Waals surface area contributed by atoms with Gasteiger partial charge in [0.2, 0.25) is 0 Å². The number of unbranched alkanes of at least 4 members (excludes halogenated alkanes) is 41. The smallest absolute Gasteiger partial charge is 0.0594 e. The molecular formula is C53H110P+. The van der Waals surface area contributed by atoms with E-state index in [1.54, 1.807) is 50.3 Å². The van der Waals surface area contributed by atoms with Crippen LogP contribution < -0.4 is 0 Å². The molecule has 0 aromatic heterocycles. The first-order valence-corrected chi connectivity index (χ1v) is 29.1. The highest BCUT2D eigenvalue weighted by Gasteiger charge is 2.35. The topological polar surface area (TPSA) is 0 Å². The number of hydrogen-bond acceptors (Lipinski definition) is 0. The molecule has 0 unspecified atom stereocenters. The molecule has 0 saturated heterocycles. The van der Waals surface area contributed by atoms with Gasteiger partial charge in [0.25, 0.3) is 0 Å². The monoisotopic (exact) mass is 778 g/mol. The van der Waals surface area contributed by atoms with Crippen LogP contribution in [0.15, 0.2) is 0 Å². The van der Waals surface area contributed by atoms with Gasteiger partial charge in [0.15, 0.2) is 0 Å². The lowest BCUT2D eigenvalue weighted by Crippen LogP contribution is -2.13. The minimum Gasteiger partial charge on any atom is -0.0654 e. The Morgan fingerprint density at radius 2 is 0.259 bits per heavy atom. The molecule has 0 saturated carbocycles. The fraction of sp³-hybridized carbons (Fsp3) is 1.00. The molecule has 0 aliphatic heterocycles. The second-order valence-corrected chi connectivity index (χ2v) is 23.2. The number of rotatable bonds is 49. The summed E-state index contributed by atoms with van der Waals surface area (Å²) < 4.78 is 0. The van der Waals surface area contributed by atoms with E-state index < -0.39 is 7.26 Å². The van der Waals surface area contributed by atoms with Gasteiger partial charge in [-0.05, 0) is 51.4 Å². The van der Waals surface area contributed by atoms with Crippen LogP contribution in [0.2, 0.25) is 0 Å². The van der Waals surface area contributed by atoms with E-state index in [1.807, 2.05) is 0 Å². The zero-order valence-corrected chi connectivity index (χ0v) is 40.0. The van der Waals surface area contributed by atoms with Gasteiger partial charge in [0.1, 0.15) is 0 Å². The first-order valence-electron chi connectivity index (χ1n) is 26.6. The summed E-state index contributed by atoms with van der Waals surface area (Å²) in [5.41, 5.74) is 0. The molecule has 0 aliphatic rings. The van der Waals surface area contributed by atoms with Crippen LogP contribution in [0.3, 0.4) is 0 Å². The van der Waals surface area contributed by atoms with E-state index in [0.717, 1.165) is 0 Å². The van der Waals surface area contributed by atoms with Gasteiger partial charge in [-0.15, -0.1) is 0 Å². The summed E-state index contributed by atoms with van der Waals surface area (Å²) in [4.78, 5) is 0. The average Bonchev–Trinajstić information content (AvgIpc) is 3.18. The molecule has 0 aromatic rings. The minimum atomic E-state index is -0.805. The lowest BCUT2D eigenvalue weighted by atomic mass is 10.0. The predicted molar refractivity (Wildman–Crippen MR) is 257 cm³/mol. The summed E-state index contributed by atoms with van der Waals surface area (Å²) in [5, 5.41) is 0. The van der Waals surface area contributed by atoms with E-state index in [-0.39, 0.29) is 0 Å². The van der Waals surface area contributed by atoms with Gasteiger partial charge in [-0.2, -0.15) is 0 Å².